The van der Waals surface area contributed by atoms with E-state index in [1.165, 1.54) is 5.57 Å². The quantitative estimate of drug-likeness (QED) is 0.0456. The minimum absolute atomic E-state index is 0.329. The second-order valence-corrected chi connectivity index (χ2v) is 8.99. The van der Waals surface area contributed by atoms with Crippen LogP contribution in [-0.2, 0) is 52.1 Å². The highest BCUT2D eigenvalue weighted by Crippen LogP contribution is 1.94. The number of ether oxygens (including phenoxy) is 11. The van der Waals surface area contributed by atoms with Crippen molar-refractivity contribution in [2.24, 2.45) is 5.11 Å². The van der Waals surface area contributed by atoms with Gasteiger partial charge in [0.25, 0.3) is 0 Å². The van der Waals surface area contributed by atoms with E-state index in [2.05, 4.69) is 29.2 Å². The second-order valence-electron chi connectivity index (χ2n) is 8.99. The Hall–Kier alpha value is -1.59. The Balaban J connectivity index is 3.06. The summed E-state index contributed by atoms with van der Waals surface area (Å²) in [5.74, 6) is 0. The number of nitrogens with one attached hydrogen (secondary N) is 1. The molecular weight excluding hydrogens is 580 g/mol. The summed E-state index contributed by atoms with van der Waals surface area (Å²) < 4.78 is 59.8. The highest BCUT2D eigenvalue weighted by molar-refractivity contribution is 4.94. The maximum absolute atomic E-state index is 8.13. The predicted molar refractivity (Wildman–Crippen MR) is 165 cm³/mol. The molecule has 0 aromatic heterocycles. The van der Waals surface area contributed by atoms with E-state index in [9.17, 15) is 0 Å². The molecule has 0 rings (SSSR count). The molecule has 0 bridgehead atoms. The van der Waals surface area contributed by atoms with Gasteiger partial charge in [-0.05, 0) is 25.1 Å². The van der Waals surface area contributed by atoms with E-state index in [4.69, 9.17) is 57.6 Å². The van der Waals surface area contributed by atoms with E-state index in [1.54, 1.807) is 0 Å². The zero-order chi connectivity index (χ0) is 31.9. The summed E-state index contributed by atoms with van der Waals surface area (Å²) in [4.78, 5) is 2.64. The molecule has 260 valence electrons. The lowest BCUT2D eigenvalue weighted by Gasteiger charge is -2.09. The van der Waals surface area contributed by atoms with Crippen molar-refractivity contribution in [3.63, 3.8) is 0 Å². The third-order valence-corrected chi connectivity index (χ3v) is 5.42. The van der Waals surface area contributed by atoms with Crippen LogP contribution in [-0.4, -0.2) is 158 Å². The highest BCUT2D eigenvalue weighted by atomic mass is 16.6. The molecule has 0 aromatic rings. The molecule has 0 spiro atoms. The number of allylic oxidation sites excluding steroid dienone is 1. The third kappa shape index (κ3) is 38.4. The number of hydrogen-bond acceptors (Lipinski definition) is 13. The molecule has 0 aliphatic carbocycles. The van der Waals surface area contributed by atoms with Crippen LogP contribution in [0.15, 0.2) is 16.9 Å². The van der Waals surface area contributed by atoms with Crippen molar-refractivity contribution in [2.75, 3.05) is 158 Å². The number of nitrogens with zero attached hydrogens (tertiary/aromatic N) is 3. The molecule has 0 saturated carbocycles. The van der Waals surface area contributed by atoms with Crippen LogP contribution in [0.3, 0.4) is 0 Å². The van der Waals surface area contributed by atoms with Gasteiger partial charge in [0, 0.05) is 18.0 Å². The Bertz CT molecular complexity index is 644. The Morgan fingerprint density at radius 2 is 0.773 bits per heavy atom. The van der Waals surface area contributed by atoms with Crippen LogP contribution in [0.5, 0.6) is 0 Å². The Morgan fingerprint density at radius 1 is 0.500 bits per heavy atom. The maximum Gasteiger partial charge on any atom is 0.0701 e. The van der Waals surface area contributed by atoms with Crippen molar-refractivity contribution in [3.05, 3.63) is 22.2 Å². The molecule has 0 fully saturated rings. The summed E-state index contributed by atoms with van der Waals surface area (Å²) >= 11 is 0. The lowest BCUT2D eigenvalue weighted by Crippen LogP contribution is -2.17. The summed E-state index contributed by atoms with van der Waals surface area (Å²) in [7, 11) is 0. The van der Waals surface area contributed by atoms with Crippen LogP contribution in [0.2, 0.25) is 0 Å². The number of hydrogen-bond donors (Lipinski definition) is 1. The first-order valence-electron chi connectivity index (χ1n) is 15.6. The molecule has 15 nitrogen and oxygen atoms in total. The van der Waals surface area contributed by atoms with Crippen molar-refractivity contribution >= 4 is 0 Å². The maximum atomic E-state index is 8.13. The third-order valence-electron chi connectivity index (χ3n) is 5.42. The zero-order valence-electron chi connectivity index (χ0n) is 27.1. The Morgan fingerprint density at radius 3 is 1.05 bits per heavy atom. The van der Waals surface area contributed by atoms with Crippen LogP contribution in [0.25, 0.3) is 10.4 Å². The molecular formula is C29H58N4O11. The first kappa shape index (κ1) is 42.4. The number of azide groups is 1. The van der Waals surface area contributed by atoms with E-state index in [-0.39, 0.29) is 0 Å². The van der Waals surface area contributed by atoms with E-state index in [0.717, 1.165) is 13.0 Å². The molecule has 0 atom stereocenters. The van der Waals surface area contributed by atoms with Crippen molar-refractivity contribution in [1.82, 2.24) is 5.32 Å². The normalized spacial score (nSPS) is 11.6. The fourth-order valence-electron chi connectivity index (χ4n) is 2.93. The summed E-state index contributed by atoms with van der Waals surface area (Å²) in [6, 6.07) is 0. The van der Waals surface area contributed by atoms with E-state index in [0.29, 0.717) is 152 Å². The largest absolute Gasteiger partial charge is 0.389 e. The average molecular weight is 639 g/mol. The molecule has 0 heterocycles. The minimum Gasteiger partial charge on any atom is -0.389 e. The van der Waals surface area contributed by atoms with E-state index >= 15 is 0 Å². The molecule has 44 heavy (non-hydrogen) atoms. The SMILES string of the molecule is CC/C(C)=C/NCCOCCOCCOCCOCCOCCOCCOCCOCCOCCOCCOCCN=[N+]=[N-]. The van der Waals surface area contributed by atoms with Gasteiger partial charge >= 0.3 is 0 Å². The van der Waals surface area contributed by atoms with Gasteiger partial charge < -0.3 is 57.4 Å². The van der Waals surface area contributed by atoms with Crippen molar-refractivity contribution < 1.29 is 52.1 Å². The molecule has 0 amide bonds. The Kier molecular flexibility index (Phi) is 38.0. The van der Waals surface area contributed by atoms with E-state index in [1.807, 2.05) is 6.20 Å². The highest BCUT2D eigenvalue weighted by Gasteiger charge is 1.96. The molecule has 0 saturated heterocycles. The molecule has 0 aliphatic rings. The minimum atomic E-state index is 0.329. The topological polar surface area (TPSA) is 162 Å². The van der Waals surface area contributed by atoms with Crippen LogP contribution in [0, 0.1) is 0 Å². The van der Waals surface area contributed by atoms with Gasteiger partial charge in [0.15, 0.2) is 0 Å². The summed E-state index contributed by atoms with van der Waals surface area (Å²) in [5.41, 5.74) is 9.46. The second kappa shape index (κ2) is 39.4. The van der Waals surface area contributed by atoms with Crippen molar-refractivity contribution in [1.29, 1.82) is 0 Å². The summed E-state index contributed by atoms with van der Waals surface area (Å²) in [6.45, 7) is 16.6. The van der Waals surface area contributed by atoms with Gasteiger partial charge in [-0.1, -0.05) is 17.6 Å². The molecule has 0 unspecified atom stereocenters. The molecule has 0 aromatic carbocycles. The van der Waals surface area contributed by atoms with Gasteiger partial charge in [-0.2, -0.15) is 0 Å². The summed E-state index contributed by atoms with van der Waals surface area (Å²) in [5, 5.41) is 6.59. The molecule has 0 aliphatic heterocycles. The van der Waals surface area contributed by atoms with Gasteiger partial charge in [0.05, 0.1) is 145 Å². The fraction of sp³-hybridized carbons (Fsp3) is 0.931. The van der Waals surface area contributed by atoms with Gasteiger partial charge in [-0.3, -0.25) is 0 Å². The zero-order valence-corrected chi connectivity index (χ0v) is 27.1. The van der Waals surface area contributed by atoms with E-state index < -0.39 is 0 Å². The van der Waals surface area contributed by atoms with Gasteiger partial charge in [-0.25, -0.2) is 0 Å². The van der Waals surface area contributed by atoms with Crippen molar-refractivity contribution in [2.45, 2.75) is 20.3 Å². The average Bonchev–Trinajstić information content (AvgIpc) is 3.04. The van der Waals surface area contributed by atoms with Gasteiger partial charge in [0.1, 0.15) is 0 Å². The molecule has 15 heteroatoms. The molecule has 1 N–H and O–H groups in total. The predicted octanol–water partition coefficient (Wildman–Crippen LogP) is 2.38. The van der Waals surface area contributed by atoms with Gasteiger partial charge in [-0.15, -0.1) is 0 Å². The summed E-state index contributed by atoms with van der Waals surface area (Å²) in [6.07, 6.45) is 3.09. The van der Waals surface area contributed by atoms with Gasteiger partial charge in [0.2, 0.25) is 0 Å². The smallest absolute Gasteiger partial charge is 0.0701 e. The Labute approximate surface area is 263 Å². The first-order chi connectivity index (χ1) is 21.8. The standard InChI is InChI=1S/C29H58N4O11/c1-3-29(2)28-31-4-6-34-8-10-36-12-14-38-16-18-40-20-22-42-24-26-44-27-25-43-23-21-41-19-17-39-15-13-37-11-9-35-7-5-32-33-30/h28,31H,3-27H2,1-2H3/b29-28+. The van der Waals surface area contributed by atoms with Crippen molar-refractivity contribution in [3.8, 4) is 0 Å². The first-order valence-corrected chi connectivity index (χ1v) is 15.6. The number of rotatable bonds is 38. The molecule has 0 radical (unpaired) electrons. The van der Waals surface area contributed by atoms with Crippen LogP contribution in [0.1, 0.15) is 20.3 Å². The monoisotopic (exact) mass is 638 g/mol. The van der Waals surface area contributed by atoms with Crippen LogP contribution >= 0.6 is 0 Å². The van der Waals surface area contributed by atoms with Crippen LogP contribution < -0.4 is 5.32 Å². The lowest BCUT2D eigenvalue weighted by molar-refractivity contribution is -0.0273. The van der Waals surface area contributed by atoms with Crippen LogP contribution in [0.4, 0.5) is 0 Å². The fourth-order valence-corrected chi connectivity index (χ4v) is 2.93. The lowest BCUT2D eigenvalue weighted by atomic mass is 10.3.